The molecule has 2 aliphatic heterocycles. The molecule has 2 amide bonds. The summed E-state index contributed by atoms with van der Waals surface area (Å²) in [5, 5.41) is 15.5. The second-order valence-electron chi connectivity index (χ2n) is 8.16. The Morgan fingerprint density at radius 2 is 1.93 bits per heavy atom. The van der Waals surface area contributed by atoms with Crippen LogP contribution in [0.4, 0.5) is 0 Å². The number of ketones is 1. The molecule has 0 aromatic heterocycles. The first-order valence-corrected chi connectivity index (χ1v) is 12.4. The molecule has 8 heteroatoms. The van der Waals surface area contributed by atoms with Gasteiger partial charge >= 0.3 is 0 Å². The summed E-state index contributed by atoms with van der Waals surface area (Å²) in [5.74, 6) is 0.725. The molecule has 0 aromatic rings. The van der Waals surface area contributed by atoms with Crippen LogP contribution in [0.25, 0.3) is 0 Å². The lowest BCUT2D eigenvalue weighted by Gasteiger charge is -2.33. The number of Topliss-reactive ketones (excluding diaryl/α,β-unsaturated/α-hetero) is 1. The standard InChI is InChI=1S/C20H29N3O3S2/c21-12-16(28-8-4-5-9-28)18(25)15(22-17(24)13-27)10-14-11-20(23-19(14)26)6-2-1-3-7-20/h14-15,27H,1-11,13H2,(H,22,24)(H,23,26). The van der Waals surface area contributed by atoms with E-state index in [-0.39, 0.29) is 56.6 Å². The third-order valence-corrected chi connectivity index (χ3v) is 8.89. The molecule has 2 unspecified atom stereocenters. The Hall–Kier alpha value is -1.33. The zero-order valence-corrected chi connectivity index (χ0v) is 17.9. The predicted molar refractivity (Wildman–Crippen MR) is 115 cm³/mol. The van der Waals surface area contributed by atoms with Crippen LogP contribution in [0.3, 0.4) is 0 Å². The van der Waals surface area contributed by atoms with Gasteiger partial charge in [-0.15, -0.1) is 0 Å². The molecule has 1 aliphatic carbocycles. The van der Waals surface area contributed by atoms with E-state index in [4.69, 9.17) is 0 Å². The molecule has 1 spiro atoms. The van der Waals surface area contributed by atoms with Gasteiger partial charge in [-0.05, 0) is 50.0 Å². The molecule has 0 aromatic carbocycles. The van der Waals surface area contributed by atoms with Gasteiger partial charge in [0.15, 0.2) is 0 Å². The van der Waals surface area contributed by atoms with Gasteiger partial charge in [0.05, 0.1) is 11.8 Å². The number of hydrogen-bond donors (Lipinski definition) is 3. The number of rotatable bonds is 6. The van der Waals surface area contributed by atoms with Crippen molar-refractivity contribution in [1.82, 2.24) is 10.6 Å². The summed E-state index contributed by atoms with van der Waals surface area (Å²) in [6.07, 6.45) is 8.41. The highest BCUT2D eigenvalue weighted by Gasteiger charge is 2.45. The van der Waals surface area contributed by atoms with Crippen LogP contribution in [0.15, 0.2) is 0 Å². The highest BCUT2D eigenvalue weighted by molar-refractivity contribution is 8.17. The minimum Gasteiger partial charge on any atom is -0.350 e. The molecule has 28 heavy (non-hydrogen) atoms. The fourth-order valence-electron chi connectivity index (χ4n) is 4.76. The van der Waals surface area contributed by atoms with E-state index in [0.29, 0.717) is 6.42 Å². The topological polar surface area (TPSA) is 99.1 Å². The van der Waals surface area contributed by atoms with Gasteiger partial charge in [0.1, 0.15) is 10.9 Å². The molecule has 2 N–H and O–H groups in total. The molecule has 3 fully saturated rings. The van der Waals surface area contributed by atoms with Gasteiger partial charge in [-0.3, -0.25) is 14.4 Å². The first kappa shape index (κ1) is 21.4. The average Bonchev–Trinajstić information content (AvgIpc) is 3.31. The molecule has 0 bridgehead atoms. The maximum absolute atomic E-state index is 13.2. The van der Waals surface area contributed by atoms with Crippen molar-refractivity contribution < 1.29 is 14.4 Å². The van der Waals surface area contributed by atoms with Crippen LogP contribution in [0.1, 0.15) is 57.8 Å². The predicted octanol–water partition coefficient (Wildman–Crippen LogP) is 1.96. The molecule has 3 rings (SSSR count). The number of carbonyl (C=O) groups excluding carboxylic acids is 3. The second kappa shape index (κ2) is 9.45. The summed E-state index contributed by atoms with van der Waals surface area (Å²) < 4.78 is 0. The van der Waals surface area contributed by atoms with Crippen molar-refractivity contribution in [3.8, 4) is 6.07 Å². The Labute approximate surface area is 174 Å². The van der Waals surface area contributed by atoms with Crippen LogP contribution in [-0.4, -0.2) is 51.3 Å². The highest BCUT2D eigenvalue weighted by atomic mass is 32.2. The van der Waals surface area contributed by atoms with Gasteiger partial charge in [0.25, 0.3) is 0 Å². The molecule has 0 radical (unpaired) electrons. The molecule has 2 saturated heterocycles. The Morgan fingerprint density at radius 3 is 2.54 bits per heavy atom. The lowest BCUT2D eigenvalue weighted by molar-refractivity contribution is -0.126. The van der Waals surface area contributed by atoms with E-state index < -0.39 is 6.04 Å². The van der Waals surface area contributed by atoms with E-state index in [2.05, 4.69) is 29.3 Å². The van der Waals surface area contributed by atoms with Gasteiger partial charge in [0.2, 0.25) is 17.6 Å². The maximum atomic E-state index is 13.2. The number of amides is 2. The number of hydrogen-bond acceptors (Lipinski definition) is 5. The fourth-order valence-corrected chi connectivity index (χ4v) is 7.13. The van der Waals surface area contributed by atoms with Gasteiger partial charge in [-0.1, -0.05) is 19.3 Å². The van der Waals surface area contributed by atoms with Crippen LogP contribution in [0.2, 0.25) is 0 Å². The molecule has 2 heterocycles. The van der Waals surface area contributed by atoms with Crippen LogP contribution in [0.5, 0.6) is 0 Å². The Kier molecular flexibility index (Phi) is 7.21. The summed E-state index contributed by atoms with van der Waals surface area (Å²) >= 11 is 3.99. The van der Waals surface area contributed by atoms with E-state index >= 15 is 0 Å². The maximum Gasteiger partial charge on any atom is 0.230 e. The third kappa shape index (κ3) is 4.80. The second-order valence-corrected chi connectivity index (χ2v) is 10.7. The first-order valence-electron chi connectivity index (χ1n) is 10.2. The average molecular weight is 424 g/mol. The highest BCUT2D eigenvalue weighted by Crippen LogP contribution is 2.39. The number of thiol groups is 1. The molecule has 2 atom stereocenters. The zero-order chi connectivity index (χ0) is 20.1. The summed E-state index contributed by atoms with van der Waals surface area (Å²) in [7, 11) is -0.320. The van der Waals surface area contributed by atoms with E-state index in [1.807, 2.05) is 0 Å². The lowest BCUT2D eigenvalue weighted by atomic mass is 9.78. The Balaban J connectivity index is 1.77. The van der Waals surface area contributed by atoms with E-state index in [1.165, 1.54) is 6.42 Å². The van der Waals surface area contributed by atoms with E-state index in [0.717, 1.165) is 50.0 Å². The number of nitrogens with zero attached hydrogens (tertiary/aromatic N) is 1. The van der Waals surface area contributed by atoms with Gasteiger partial charge in [-0.2, -0.15) is 28.4 Å². The number of nitriles is 1. The van der Waals surface area contributed by atoms with E-state index in [1.54, 1.807) is 0 Å². The normalized spacial score (nSPS) is 25.1. The number of carbonyl (C=O) groups is 3. The van der Waals surface area contributed by atoms with Crippen molar-refractivity contribution in [3.63, 3.8) is 0 Å². The van der Waals surface area contributed by atoms with Crippen molar-refractivity contribution in [3.05, 3.63) is 0 Å². The van der Waals surface area contributed by atoms with Gasteiger partial charge in [-0.25, -0.2) is 0 Å². The molecule has 6 nitrogen and oxygen atoms in total. The van der Waals surface area contributed by atoms with Crippen LogP contribution in [0, 0.1) is 17.2 Å². The Morgan fingerprint density at radius 1 is 1.25 bits per heavy atom. The lowest BCUT2D eigenvalue weighted by Crippen LogP contribution is -2.46. The summed E-state index contributed by atoms with van der Waals surface area (Å²) in [4.78, 5) is 38.1. The molecular weight excluding hydrogens is 394 g/mol. The van der Waals surface area contributed by atoms with Crippen molar-refractivity contribution >= 4 is 45.6 Å². The van der Waals surface area contributed by atoms with Gasteiger partial charge < -0.3 is 10.6 Å². The van der Waals surface area contributed by atoms with Crippen LogP contribution in [-0.2, 0) is 14.4 Å². The zero-order valence-electron chi connectivity index (χ0n) is 16.2. The van der Waals surface area contributed by atoms with Crippen LogP contribution >= 0.6 is 23.1 Å². The first-order chi connectivity index (χ1) is 13.5. The van der Waals surface area contributed by atoms with Gasteiger partial charge in [0, 0.05) is 11.5 Å². The minimum atomic E-state index is -0.822. The number of nitrogens with one attached hydrogen (secondary N) is 2. The van der Waals surface area contributed by atoms with Crippen molar-refractivity contribution in [2.75, 3.05) is 17.3 Å². The largest absolute Gasteiger partial charge is 0.350 e. The van der Waals surface area contributed by atoms with Crippen molar-refractivity contribution in [2.24, 2.45) is 5.92 Å². The van der Waals surface area contributed by atoms with Crippen LogP contribution < -0.4 is 10.6 Å². The summed E-state index contributed by atoms with van der Waals surface area (Å²) in [6, 6.07) is 1.29. The molecule has 3 aliphatic rings. The summed E-state index contributed by atoms with van der Waals surface area (Å²) in [5.41, 5.74) is -0.143. The third-order valence-electron chi connectivity index (χ3n) is 6.17. The molecule has 154 valence electrons. The SMILES string of the molecule is N#CC(C(=O)C(CC1CC2(CCCCC2)NC1=O)NC(=O)CS)=S1CCCC1. The van der Waals surface area contributed by atoms with Crippen molar-refractivity contribution in [2.45, 2.75) is 69.4 Å². The van der Waals surface area contributed by atoms with Crippen molar-refractivity contribution in [1.29, 1.82) is 5.26 Å². The monoisotopic (exact) mass is 423 g/mol. The molecular formula is C20H29N3O3S2. The molecule has 1 saturated carbocycles. The minimum absolute atomic E-state index is 0.0263. The fraction of sp³-hybridized carbons (Fsp3) is 0.750. The summed E-state index contributed by atoms with van der Waals surface area (Å²) in [6.45, 7) is 0. The smallest absolute Gasteiger partial charge is 0.230 e. The van der Waals surface area contributed by atoms with E-state index in [9.17, 15) is 19.6 Å². The Bertz CT molecular complexity index is 715. The quantitative estimate of drug-likeness (QED) is 0.449.